The van der Waals surface area contributed by atoms with E-state index in [1.54, 1.807) is 30.3 Å². The third kappa shape index (κ3) is 5.85. The van der Waals surface area contributed by atoms with E-state index in [-0.39, 0.29) is 18.1 Å². The molecule has 0 fully saturated rings. The molecule has 0 aliphatic heterocycles. The molecule has 1 heterocycles. The molecule has 36 heavy (non-hydrogen) atoms. The lowest BCUT2D eigenvalue weighted by molar-refractivity contribution is -0.479. The molecule has 182 valence electrons. The van der Waals surface area contributed by atoms with Crippen LogP contribution in [0.3, 0.4) is 0 Å². The Morgan fingerprint density at radius 3 is 2.58 bits per heavy atom. The van der Waals surface area contributed by atoms with Gasteiger partial charge in [0.2, 0.25) is 6.54 Å². The number of nitriles is 1. The van der Waals surface area contributed by atoms with Gasteiger partial charge in [-0.05, 0) is 49.7 Å². The summed E-state index contributed by atoms with van der Waals surface area (Å²) in [6.45, 7) is 3.70. The Morgan fingerprint density at radius 2 is 1.89 bits per heavy atom. The van der Waals surface area contributed by atoms with Crippen molar-refractivity contribution in [2.24, 2.45) is 0 Å². The number of halogens is 1. The van der Waals surface area contributed by atoms with E-state index in [1.807, 2.05) is 54.8 Å². The fraction of sp³-hybridized carbons (Fsp3) is 0.192. The van der Waals surface area contributed by atoms with Crippen molar-refractivity contribution >= 4 is 23.4 Å². The molecule has 1 aromatic heterocycles. The summed E-state index contributed by atoms with van der Waals surface area (Å²) in [6, 6.07) is 22.3. The van der Waals surface area contributed by atoms with Gasteiger partial charge in [-0.2, -0.15) is 5.26 Å². The highest BCUT2D eigenvalue weighted by atomic mass is 35.5. The molecule has 0 spiro atoms. The number of nitro groups is 1. The van der Waals surface area contributed by atoms with Crippen molar-refractivity contribution in [3.63, 3.8) is 0 Å². The van der Waals surface area contributed by atoms with Crippen LogP contribution in [0.2, 0.25) is 5.02 Å². The first kappa shape index (κ1) is 25.2. The SMILES string of the molecule is Cc1ccc(-n2c(C)nnc2S[C@@H](C[N+](=O)[O-])c2ccc(OCc3ccccc3C#N)c(Cl)c2)cc1. The molecule has 8 nitrogen and oxygen atoms in total. The predicted octanol–water partition coefficient (Wildman–Crippen LogP) is 6.10. The van der Waals surface area contributed by atoms with E-state index in [1.165, 1.54) is 11.8 Å². The van der Waals surface area contributed by atoms with Crippen LogP contribution in [-0.4, -0.2) is 26.2 Å². The lowest BCUT2D eigenvalue weighted by Gasteiger charge is -2.16. The van der Waals surface area contributed by atoms with E-state index in [0.717, 1.165) is 16.8 Å². The molecular weight excluding hydrogens is 498 g/mol. The summed E-state index contributed by atoms with van der Waals surface area (Å²) in [6.07, 6.45) is 0. The number of aryl methyl sites for hydroxylation is 2. The summed E-state index contributed by atoms with van der Waals surface area (Å²) in [4.78, 5) is 11.2. The Kier molecular flexibility index (Phi) is 7.88. The number of aromatic nitrogens is 3. The Hall–Kier alpha value is -3.87. The van der Waals surface area contributed by atoms with Gasteiger partial charge in [0.15, 0.2) is 5.16 Å². The number of rotatable bonds is 9. The third-order valence-electron chi connectivity index (χ3n) is 5.50. The highest BCUT2D eigenvalue weighted by Gasteiger charge is 2.24. The van der Waals surface area contributed by atoms with Crippen molar-refractivity contribution in [2.45, 2.75) is 30.9 Å². The number of benzene rings is 3. The molecule has 0 N–H and O–H groups in total. The largest absolute Gasteiger partial charge is 0.487 e. The third-order valence-corrected chi connectivity index (χ3v) is 6.97. The maximum atomic E-state index is 11.5. The zero-order valence-electron chi connectivity index (χ0n) is 19.6. The van der Waals surface area contributed by atoms with Crippen LogP contribution in [0.5, 0.6) is 5.75 Å². The Morgan fingerprint density at radius 1 is 1.14 bits per heavy atom. The van der Waals surface area contributed by atoms with E-state index in [0.29, 0.717) is 32.9 Å². The molecule has 3 aromatic carbocycles. The van der Waals surface area contributed by atoms with E-state index in [9.17, 15) is 15.4 Å². The van der Waals surface area contributed by atoms with Crippen LogP contribution in [-0.2, 0) is 6.61 Å². The van der Waals surface area contributed by atoms with Crippen LogP contribution >= 0.6 is 23.4 Å². The molecule has 0 aliphatic rings. The Bertz CT molecular complexity index is 1430. The van der Waals surface area contributed by atoms with Crippen LogP contribution in [0, 0.1) is 35.3 Å². The lowest BCUT2D eigenvalue weighted by atomic mass is 10.1. The van der Waals surface area contributed by atoms with Gasteiger partial charge in [-0.1, -0.05) is 65.3 Å². The van der Waals surface area contributed by atoms with Crippen molar-refractivity contribution in [1.82, 2.24) is 14.8 Å². The van der Waals surface area contributed by atoms with Crippen LogP contribution in [0.15, 0.2) is 71.9 Å². The summed E-state index contributed by atoms with van der Waals surface area (Å²) >= 11 is 7.76. The number of thioether (sulfide) groups is 1. The predicted molar refractivity (Wildman–Crippen MR) is 138 cm³/mol. The second kappa shape index (κ2) is 11.2. The smallest absolute Gasteiger partial charge is 0.220 e. The second-order valence-electron chi connectivity index (χ2n) is 8.07. The summed E-state index contributed by atoms with van der Waals surface area (Å²) in [5, 5.41) is 29.6. The maximum absolute atomic E-state index is 11.5. The second-order valence-corrected chi connectivity index (χ2v) is 9.65. The maximum Gasteiger partial charge on any atom is 0.220 e. The van der Waals surface area contributed by atoms with Gasteiger partial charge < -0.3 is 4.74 Å². The minimum absolute atomic E-state index is 0.175. The van der Waals surface area contributed by atoms with Crippen LogP contribution < -0.4 is 4.74 Å². The molecule has 0 amide bonds. The molecule has 0 aliphatic carbocycles. The minimum Gasteiger partial charge on any atom is -0.487 e. The topological polar surface area (TPSA) is 107 Å². The highest BCUT2D eigenvalue weighted by molar-refractivity contribution is 7.99. The van der Waals surface area contributed by atoms with Gasteiger partial charge in [-0.3, -0.25) is 14.7 Å². The molecule has 0 saturated carbocycles. The average molecular weight is 520 g/mol. The summed E-state index contributed by atoms with van der Waals surface area (Å²) in [7, 11) is 0. The standard InChI is InChI=1S/C26H22ClN5O3S/c1-17-7-10-22(11-8-17)32-18(2)29-30-26(32)36-25(15-31(33)34)19-9-12-24(23(27)13-19)35-16-21-6-4-3-5-20(21)14-28/h3-13,25H,15-16H2,1-2H3/t25-/m0/s1. The van der Waals surface area contributed by atoms with Gasteiger partial charge >= 0.3 is 0 Å². The van der Waals surface area contributed by atoms with E-state index in [2.05, 4.69) is 16.3 Å². The fourth-order valence-corrected chi connectivity index (χ4v) is 5.04. The van der Waals surface area contributed by atoms with E-state index < -0.39 is 5.25 Å². The molecular formula is C26H22ClN5O3S. The molecule has 4 rings (SSSR count). The molecule has 1 atom stereocenters. The number of hydrogen-bond acceptors (Lipinski definition) is 7. The molecule has 0 unspecified atom stereocenters. The van der Waals surface area contributed by atoms with Gasteiger partial charge in [0.25, 0.3) is 0 Å². The molecule has 10 heteroatoms. The molecule has 0 saturated heterocycles. The van der Waals surface area contributed by atoms with E-state index >= 15 is 0 Å². The zero-order valence-corrected chi connectivity index (χ0v) is 21.2. The van der Waals surface area contributed by atoms with Crippen molar-refractivity contribution in [3.8, 4) is 17.5 Å². The first-order valence-corrected chi connectivity index (χ1v) is 12.3. The number of hydrogen-bond donors (Lipinski definition) is 0. The van der Waals surface area contributed by atoms with E-state index in [4.69, 9.17) is 16.3 Å². The van der Waals surface area contributed by atoms with Crippen molar-refractivity contribution in [3.05, 3.63) is 110 Å². The molecule has 0 bridgehead atoms. The molecule has 4 aromatic rings. The van der Waals surface area contributed by atoms with Gasteiger partial charge in [0.05, 0.1) is 16.7 Å². The van der Waals surface area contributed by atoms with Gasteiger partial charge in [0, 0.05) is 16.2 Å². The first-order chi connectivity index (χ1) is 17.4. The van der Waals surface area contributed by atoms with Gasteiger partial charge in [0.1, 0.15) is 23.4 Å². The fourth-order valence-electron chi connectivity index (χ4n) is 3.63. The quantitative estimate of drug-likeness (QED) is 0.149. The monoisotopic (exact) mass is 519 g/mol. The molecule has 0 radical (unpaired) electrons. The average Bonchev–Trinajstić information content (AvgIpc) is 3.23. The number of nitrogens with zero attached hydrogens (tertiary/aromatic N) is 5. The van der Waals surface area contributed by atoms with Gasteiger partial charge in [-0.25, -0.2) is 0 Å². The lowest BCUT2D eigenvalue weighted by Crippen LogP contribution is -2.11. The van der Waals surface area contributed by atoms with Crippen LogP contribution in [0.1, 0.15) is 33.3 Å². The Balaban J connectivity index is 1.58. The van der Waals surface area contributed by atoms with Crippen LogP contribution in [0.4, 0.5) is 0 Å². The van der Waals surface area contributed by atoms with Crippen molar-refractivity contribution < 1.29 is 9.66 Å². The zero-order chi connectivity index (χ0) is 25.7. The highest BCUT2D eigenvalue weighted by Crippen LogP contribution is 2.38. The normalized spacial score (nSPS) is 11.6. The Labute approximate surface area is 217 Å². The first-order valence-electron chi connectivity index (χ1n) is 11.0. The van der Waals surface area contributed by atoms with Gasteiger partial charge in [-0.15, -0.1) is 10.2 Å². The van der Waals surface area contributed by atoms with Crippen molar-refractivity contribution in [1.29, 1.82) is 5.26 Å². The van der Waals surface area contributed by atoms with Crippen LogP contribution in [0.25, 0.3) is 5.69 Å². The summed E-state index contributed by atoms with van der Waals surface area (Å²) in [5.74, 6) is 1.11. The van der Waals surface area contributed by atoms with Crippen molar-refractivity contribution in [2.75, 3.05) is 6.54 Å². The summed E-state index contributed by atoms with van der Waals surface area (Å²) in [5.41, 5.74) is 3.94. The minimum atomic E-state index is -0.557. The number of ether oxygens (including phenoxy) is 1. The summed E-state index contributed by atoms with van der Waals surface area (Å²) < 4.78 is 7.72.